The number of carbonyl (C=O) groups is 1. The standard InChI is InChI=1S/C16H27N3O.ClH/c20-15(14-11-16(14)4-1-2-5-16)19-8-3-13(12-19)18-9-6-17-7-10-18;/h13-14,17H,1-12H2;1H. The minimum Gasteiger partial charge on any atom is -0.341 e. The predicted molar refractivity (Wildman–Crippen MR) is 85.7 cm³/mol. The average molecular weight is 314 g/mol. The van der Waals surface area contributed by atoms with E-state index in [4.69, 9.17) is 0 Å². The van der Waals surface area contributed by atoms with Crippen LogP contribution in [0.5, 0.6) is 0 Å². The van der Waals surface area contributed by atoms with E-state index in [1.54, 1.807) is 0 Å². The molecule has 0 aromatic rings. The van der Waals surface area contributed by atoms with Gasteiger partial charge in [-0.3, -0.25) is 9.69 Å². The Kier molecular flexibility index (Phi) is 4.49. The highest BCUT2D eigenvalue weighted by Gasteiger charge is 2.59. The van der Waals surface area contributed by atoms with Crippen molar-refractivity contribution in [2.45, 2.75) is 44.6 Å². The molecule has 2 saturated carbocycles. The molecule has 0 aromatic heterocycles. The van der Waals surface area contributed by atoms with Gasteiger partial charge in [-0.05, 0) is 31.1 Å². The second-order valence-corrected chi connectivity index (χ2v) is 7.34. The van der Waals surface area contributed by atoms with Crippen molar-refractivity contribution >= 4 is 18.3 Å². The lowest BCUT2D eigenvalue weighted by Gasteiger charge is -2.32. The van der Waals surface area contributed by atoms with E-state index in [1.807, 2.05) is 0 Å². The lowest BCUT2D eigenvalue weighted by molar-refractivity contribution is -0.132. The van der Waals surface area contributed by atoms with E-state index in [0.29, 0.717) is 23.3 Å². The maximum Gasteiger partial charge on any atom is 0.226 e. The van der Waals surface area contributed by atoms with Crippen molar-refractivity contribution in [1.29, 1.82) is 0 Å². The number of carbonyl (C=O) groups excluding carboxylic acids is 1. The maximum atomic E-state index is 12.7. The summed E-state index contributed by atoms with van der Waals surface area (Å²) < 4.78 is 0. The molecule has 1 spiro atoms. The number of likely N-dealkylation sites (tertiary alicyclic amines) is 1. The highest BCUT2D eigenvalue weighted by Crippen LogP contribution is 2.63. The van der Waals surface area contributed by atoms with E-state index in [-0.39, 0.29) is 12.4 Å². The third kappa shape index (κ3) is 2.82. The van der Waals surface area contributed by atoms with Crippen LogP contribution in [0.25, 0.3) is 0 Å². The molecule has 0 aromatic carbocycles. The van der Waals surface area contributed by atoms with Gasteiger partial charge >= 0.3 is 0 Å². The fourth-order valence-electron chi connectivity index (χ4n) is 4.84. The molecule has 4 nitrogen and oxygen atoms in total. The summed E-state index contributed by atoms with van der Waals surface area (Å²) in [6.45, 7) is 6.51. The first-order chi connectivity index (χ1) is 9.78. The minimum atomic E-state index is 0. The molecule has 4 fully saturated rings. The summed E-state index contributed by atoms with van der Waals surface area (Å²) in [5, 5.41) is 3.41. The van der Waals surface area contributed by atoms with Crippen LogP contribution in [0.2, 0.25) is 0 Å². The van der Waals surface area contributed by atoms with Crippen molar-refractivity contribution in [2.75, 3.05) is 39.3 Å². The van der Waals surface area contributed by atoms with Crippen LogP contribution in [0.3, 0.4) is 0 Å². The van der Waals surface area contributed by atoms with Crippen LogP contribution in [0.15, 0.2) is 0 Å². The Labute approximate surface area is 134 Å². The van der Waals surface area contributed by atoms with Gasteiger partial charge in [-0.1, -0.05) is 12.8 Å². The van der Waals surface area contributed by atoms with Crippen LogP contribution in [0, 0.1) is 11.3 Å². The Morgan fingerprint density at radius 3 is 2.52 bits per heavy atom. The summed E-state index contributed by atoms with van der Waals surface area (Å²) in [6.07, 6.45) is 7.73. The zero-order chi connectivity index (χ0) is 13.6. The quantitative estimate of drug-likeness (QED) is 0.839. The molecule has 2 heterocycles. The largest absolute Gasteiger partial charge is 0.341 e. The van der Waals surface area contributed by atoms with Gasteiger partial charge in [0.25, 0.3) is 0 Å². The molecule has 2 saturated heterocycles. The second kappa shape index (κ2) is 6.05. The summed E-state index contributed by atoms with van der Waals surface area (Å²) in [5.74, 6) is 0.885. The van der Waals surface area contributed by atoms with Crippen LogP contribution in [0.4, 0.5) is 0 Å². The van der Waals surface area contributed by atoms with Crippen LogP contribution in [0.1, 0.15) is 38.5 Å². The van der Waals surface area contributed by atoms with Crippen molar-refractivity contribution < 1.29 is 4.79 Å². The molecular formula is C16H28ClN3O. The first-order valence-electron chi connectivity index (χ1n) is 8.52. The number of hydrogen-bond donors (Lipinski definition) is 1. The lowest BCUT2D eigenvalue weighted by atomic mass is 10.0. The van der Waals surface area contributed by atoms with Crippen molar-refractivity contribution in [3.05, 3.63) is 0 Å². The third-order valence-corrected chi connectivity index (χ3v) is 6.23. The zero-order valence-electron chi connectivity index (χ0n) is 12.9. The lowest BCUT2D eigenvalue weighted by Crippen LogP contribution is -2.49. The second-order valence-electron chi connectivity index (χ2n) is 7.34. The summed E-state index contributed by atoms with van der Waals surface area (Å²) in [6, 6.07) is 0.624. The molecule has 2 unspecified atom stereocenters. The average Bonchev–Trinajstić information content (AvgIpc) is 2.86. The maximum absolute atomic E-state index is 12.7. The Hall–Kier alpha value is -0.320. The van der Waals surface area contributed by atoms with Crippen LogP contribution >= 0.6 is 12.4 Å². The first kappa shape index (κ1) is 15.6. The van der Waals surface area contributed by atoms with Gasteiger partial charge < -0.3 is 10.2 Å². The van der Waals surface area contributed by atoms with Gasteiger partial charge in [0.15, 0.2) is 0 Å². The van der Waals surface area contributed by atoms with Crippen molar-refractivity contribution in [3.8, 4) is 0 Å². The summed E-state index contributed by atoms with van der Waals surface area (Å²) in [4.78, 5) is 17.5. The van der Waals surface area contributed by atoms with Gasteiger partial charge in [0.2, 0.25) is 5.91 Å². The normalized spacial score (nSPS) is 35.0. The Morgan fingerprint density at radius 1 is 1.10 bits per heavy atom. The molecule has 1 N–H and O–H groups in total. The smallest absolute Gasteiger partial charge is 0.226 e. The number of halogens is 1. The zero-order valence-corrected chi connectivity index (χ0v) is 13.7. The van der Waals surface area contributed by atoms with Gasteiger partial charge in [0, 0.05) is 51.2 Å². The molecule has 0 radical (unpaired) electrons. The minimum absolute atomic E-state index is 0. The Bertz CT molecular complexity index is 391. The first-order valence-corrected chi connectivity index (χ1v) is 8.52. The Morgan fingerprint density at radius 2 is 1.81 bits per heavy atom. The van der Waals surface area contributed by atoms with Crippen molar-refractivity contribution in [3.63, 3.8) is 0 Å². The summed E-state index contributed by atoms with van der Waals surface area (Å²) in [7, 11) is 0. The predicted octanol–water partition coefficient (Wildman–Crippen LogP) is 1.49. The molecule has 2 aliphatic carbocycles. The van der Waals surface area contributed by atoms with Gasteiger partial charge in [-0.15, -0.1) is 12.4 Å². The van der Waals surface area contributed by atoms with Crippen molar-refractivity contribution in [1.82, 2.24) is 15.1 Å². The van der Waals surface area contributed by atoms with Crippen molar-refractivity contribution in [2.24, 2.45) is 11.3 Å². The van der Waals surface area contributed by atoms with Crippen LogP contribution in [-0.4, -0.2) is 61.0 Å². The van der Waals surface area contributed by atoms with E-state index < -0.39 is 0 Å². The topological polar surface area (TPSA) is 35.6 Å². The van der Waals surface area contributed by atoms with Gasteiger partial charge in [-0.25, -0.2) is 0 Å². The van der Waals surface area contributed by atoms with Gasteiger partial charge in [0.05, 0.1) is 0 Å². The molecule has 4 rings (SSSR count). The highest BCUT2D eigenvalue weighted by molar-refractivity contribution is 5.85. The molecule has 5 heteroatoms. The molecule has 1 amide bonds. The van der Waals surface area contributed by atoms with E-state index >= 15 is 0 Å². The van der Waals surface area contributed by atoms with E-state index in [1.165, 1.54) is 38.5 Å². The SMILES string of the molecule is Cl.O=C(C1CC12CCCC2)N1CCC(N2CCNCC2)C1. The molecule has 2 aliphatic heterocycles. The van der Waals surface area contributed by atoms with Crippen LogP contribution < -0.4 is 5.32 Å². The number of nitrogens with zero attached hydrogens (tertiary/aromatic N) is 2. The van der Waals surface area contributed by atoms with Gasteiger partial charge in [0.1, 0.15) is 0 Å². The molecule has 120 valence electrons. The monoisotopic (exact) mass is 313 g/mol. The molecule has 2 atom stereocenters. The number of hydrogen-bond acceptors (Lipinski definition) is 3. The number of rotatable bonds is 2. The van der Waals surface area contributed by atoms with E-state index in [9.17, 15) is 4.79 Å². The number of nitrogens with one attached hydrogen (secondary N) is 1. The van der Waals surface area contributed by atoms with E-state index in [2.05, 4.69) is 15.1 Å². The van der Waals surface area contributed by atoms with Gasteiger partial charge in [-0.2, -0.15) is 0 Å². The fourth-order valence-corrected chi connectivity index (χ4v) is 4.84. The van der Waals surface area contributed by atoms with Crippen LogP contribution in [-0.2, 0) is 4.79 Å². The molecule has 4 aliphatic rings. The fraction of sp³-hybridized carbons (Fsp3) is 0.938. The Balaban J connectivity index is 0.00000132. The van der Waals surface area contributed by atoms with E-state index in [0.717, 1.165) is 39.3 Å². The number of piperazine rings is 1. The summed E-state index contributed by atoms with van der Waals surface area (Å²) in [5.41, 5.74) is 0.463. The molecule has 21 heavy (non-hydrogen) atoms. The third-order valence-electron chi connectivity index (χ3n) is 6.23. The molecule has 0 bridgehead atoms. The summed E-state index contributed by atoms with van der Waals surface area (Å²) >= 11 is 0. The molecular weight excluding hydrogens is 286 g/mol. The highest BCUT2D eigenvalue weighted by atomic mass is 35.5. The number of amides is 1.